The van der Waals surface area contributed by atoms with Gasteiger partial charge in [-0.15, -0.1) is 11.3 Å². The third-order valence-corrected chi connectivity index (χ3v) is 5.00. The topological polar surface area (TPSA) is 49.3 Å². The number of carboxylic acid groups (broad SMARTS) is 1. The van der Waals surface area contributed by atoms with E-state index < -0.39 is 5.97 Å². The highest BCUT2D eigenvalue weighted by Gasteiger charge is 2.10. The first-order chi connectivity index (χ1) is 13.0. The van der Waals surface area contributed by atoms with Crippen molar-refractivity contribution in [2.45, 2.75) is 13.8 Å². The lowest BCUT2D eigenvalue weighted by Gasteiger charge is -2.20. The molecule has 6 heteroatoms. The Balaban J connectivity index is 2.29. The number of benzene rings is 1. The summed E-state index contributed by atoms with van der Waals surface area (Å²) in [7, 11) is 0. The standard InChI is InChI=1S/C21H19N3O2S/c1-5-24(6-2)16-9-7-15(8-10-16)13-18(22-3)20-12-11-17(27-20)14-19(23-4)21(25)26/h7-14H,5-6H2,1-2H3,(H,25,26)/b18-13-,19-14-. The summed E-state index contributed by atoms with van der Waals surface area (Å²) in [6.07, 6.45) is 3.13. The van der Waals surface area contributed by atoms with Crippen molar-refractivity contribution in [3.05, 3.63) is 80.2 Å². The minimum atomic E-state index is -1.26. The van der Waals surface area contributed by atoms with Crippen molar-refractivity contribution >= 4 is 40.8 Å². The summed E-state index contributed by atoms with van der Waals surface area (Å²) >= 11 is 1.29. The van der Waals surface area contributed by atoms with E-state index >= 15 is 0 Å². The summed E-state index contributed by atoms with van der Waals surface area (Å²) in [5.41, 5.74) is 2.21. The van der Waals surface area contributed by atoms with Gasteiger partial charge in [-0.2, -0.15) is 0 Å². The van der Waals surface area contributed by atoms with Gasteiger partial charge >= 0.3 is 5.97 Å². The Bertz CT molecular complexity index is 953. The molecular formula is C21H19N3O2S. The van der Waals surface area contributed by atoms with E-state index in [9.17, 15) is 4.79 Å². The van der Waals surface area contributed by atoms with Crippen LogP contribution in [0, 0.1) is 13.1 Å². The second-order valence-corrected chi connectivity index (χ2v) is 6.67. The molecule has 2 aromatic rings. The van der Waals surface area contributed by atoms with Crippen LogP contribution in [0.15, 0.2) is 42.1 Å². The molecule has 1 aromatic heterocycles. The summed E-state index contributed by atoms with van der Waals surface area (Å²) < 4.78 is 0. The van der Waals surface area contributed by atoms with Crippen molar-refractivity contribution in [1.29, 1.82) is 0 Å². The van der Waals surface area contributed by atoms with Crippen LogP contribution in [0.5, 0.6) is 0 Å². The second kappa shape index (κ2) is 9.38. The summed E-state index contributed by atoms with van der Waals surface area (Å²) in [5, 5.41) is 8.95. The van der Waals surface area contributed by atoms with Gasteiger partial charge in [-0.05, 0) is 49.8 Å². The molecule has 136 valence electrons. The SMILES string of the molecule is [C-]#[N+]/C(=C\c1ccc(/C(=C/c2ccc(N(CC)CC)cc2)[N+]#[C-])s1)C(=O)O. The number of thiophene rings is 1. The molecule has 0 spiro atoms. The van der Waals surface area contributed by atoms with Gasteiger partial charge in [-0.3, -0.25) is 4.79 Å². The lowest BCUT2D eigenvalue weighted by Crippen LogP contribution is -2.21. The van der Waals surface area contributed by atoms with E-state index in [2.05, 4.69) is 28.4 Å². The monoisotopic (exact) mass is 377 g/mol. The van der Waals surface area contributed by atoms with Crippen LogP contribution in [0.3, 0.4) is 0 Å². The third kappa shape index (κ3) is 5.07. The van der Waals surface area contributed by atoms with Gasteiger partial charge < -0.3 is 10.0 Å². The molecule has 1 aromatic carbocycles. The van der Waals surface area contributed by atoms with E-state index in [1.807, 2.05) is 30.3 Å². The lowest BCUT2D eigenvalue weighted by atomic mass is 10.1. The van der Waals surface area contributed by atoms with Crippen LogP contribution in [-0.2, 0) is 4.79 Å². The largest absolute Gasteiger partial charge is 0.486 e. The fourth-order valence-corrected chi connectivity index (χ4v) is 3.44. The molecule has 0 radical (unpaired) electrons. The van der Waals surface area contributed by atoms with Gasteiger partial charge in [0.05, 0.1) is 13.1 Å². The van der Waals surface area contributed by atoms with Crippen LogP contribution >= 0.6 is 11.3 Å². The van der Waals surface area contributed by atoms with Gasteiger partial charge in [0, 0.05) is 28.5 Å². The maximum Gasteiger partial charge on any atom is 0.333 e. The maximum atomic E-state index is 11.0. The number of anilines is 1. The Labute approximate surface area is 163 Å². The molecular weight excluding hydrogens is 358 g/mol. The predicted molar refractivity (Wildman–Crippen MR) is 111 cm³/mol. The van der Waals surface area contributed by atoms with Gasteiger partial charge in [0.1, 0.15) is 0 Å². The van der Waals surface area contributed by atoms with Crippen LogP contribution in [0.1, 0.15) is 29.2 Å². The first kappa shape index (κ1) is 20.0. The van der Waals surface area contributed by atoms with Crippen LogP contribution in [0.4, 0.5) is 5.69 Å². The maximum absolute atomic E-state index is 11.0. The number of aliphatic carboxylic acids is 1. The molecule has 27 heavy (non-hydrogen) atoms. The molecule has 0 aliphatic heterocycles. The average Bonchev–Trinajstić information content (AvgIpc) is 3.14. The van der Waals surface area contributed by atoms with Gasteiger partial charge in [0.25, 0.3) is 5.70 Å². The number of hydrogen-bond acceptors (Lipinski definition) is 3. The lowest BCUT2D eigenvalue weighted by molar-refractivity contribution is -0.132. The van der Waals surface area contributed by atoms with Crippen molar-refractivity contribution in [3.63, 3.8) is 0 Å². The fraction of sp³-hybridized carbons (Fsp3) is 0.190. The van der Waals surface area contributed by atoms with Crippen molar-refractivity contribution < 1.29 is 9.90 Å². The highest BCUT2D eigenvalue weighted by Crippen LogP contribution is 2.29. The molecule has 2 rings (SSSR count). The van der Waals surface area contributed by atoms with Gasteiger partial charge in [-0.25, -0.2) is 9.69 Å². The van der Waals surface area contributed by atoms with E-state index in [4.69, 9.17) is 18.3 Å². The summed E-state index contributed by atoms with van der Waals surface area (Å²) in [6, 6.07) is 11.5. The normalized spacial score (nSPS) is 11.6. The zero-order chi connectivity index (χ0) is 19.8. The van der Waals surface area contributed by atoms with Crippen LogP contribution < -0.4 is 4.90 Å². The smallest absolute Gasteiger partial charge is 0.333 e. The fourth-order valence-electron chi connectivity index (χ4n) is 2.53. The zero-order valence-electron chi connectivity index (χ0n) is 15.1. The molecule has 0 fully saturated rings. The van der Waals surface area contributed by atoms with Gasteiger partial charge in [-0.1, -0.05) is 18.2 Å². The highest BCUT2D eigenvalue weighted by atomic mass is 32.1. The van der Waals surface area contributed by atoms with E-state index in [-0.39, 0.29) is 5.70 Å². The van der Waals surface area contributed by atoms with E-state index in [0.29, 0.717) is 10.6 Å². The highest BCUT2D eigenvalue weighted by molar-refractivity contribution is 7.14. The molecule has 0 atom stereocenters. The van der Waals surface area contributed by atoms with Crippen molar-refractivity contribution in [3.8, 4) is 0 Å². The minimum absolute atomic E-state index is 0.344. The number of carbonyl (C=O) groups is 1. The first-order valence-corrected chi connectivity index (χ1v) is 9.20. The molecule has 0 amide bonds. The Hall–Kier alpha value is -3.35. The molecule has 0 unspecified atom stereocenters. The molecule has 0 saturated carbocycles. The quantitative estimate of drug-likeness (QED) is 0.522. The van der Waals surface area contributed by atoms with Gasteiger partial charge in [0.2, 0.25) is 5.70 Å². The Kier molecular flexibility index (Phi) is 6.93. The molecule has 0 aliphatic carbocycles. The third-order valence-electron chi connectivity index (χ3n) is 3.94. The van der Waals surface area contributed by atoms with Crippen LogP contribution in [0.25, 0.3) is 27.5 Å². The minimum Gasteiger partial charge on any atom is -0.486 e. The van der Waals surface area contributed by atoms with Crippen LogP contribution in [-0.4, -0.2) is 24.2 Å². The number of nitrogens with zero attached hydrogens (tertiary/aromatic N) is 3. The van der Waals surface area contributed by atoms with Gasteiger partial charge in [0.15, 0.2) is 0 Å². The van der Waals surface area contributed by atoms with E-state index in [0.717, 1.165) is 29.2 Å². The molecule has 1 heterocycles. The molecule has 1 N–H and O–H groups in total. The Morgan fingerprint density at radius 2 is 1.74 bits per heavy atom. The van der Waals surface area contributed by atoms with Crippen molar-refractivity contribution in [1.82, 2.24) is 0 Å². The average molecular weight is 377 g/mol. The van der Waals surface area contributed by atoms with E-state index in [1.165, 1.54) is 17.4 Å². The second-order valence-electron chi connectivity index (χ2n) is 5.55. The van der Waals surface area contributed by atoms with Crippen molar-refractivity contribution in [2.24, 2.45) is 0 Å². The number of carboxylic acids is 1. The van der Waals surface area contributed by atoms with Crippen LogP contribution in [0.2, 0.25) is 0 Å². The molecule has 0 bridgehead atoms. The summed E-state index contributed by atoms with van der Waals surface area (Å²) in [4.78, 5) is 21.2. The predicted octanol–water partition coefficient (Wildman–Crippen LogP) is 5.36. The molecule has 0 aliphatic rings. The molecule has 0 saturated heterocycles. The molecule has 5 nitrogen and oxygen atoms in total. The number of hydrogen-bond donors (Lipinski definition) is 1. The first-order valence-electron chi connectivity index (χ1n) is 8.39. The van der Waals surface area contributed by atoms with E-state index in [1.54, 1.807) is 12.1 Å². The Morgan fingerprint density at radius 3 is 2.26 bits per heavy atom. The summed E-state index contributed by atoms with van der Waals surface area (Å²) in [6.45, 7) is 20.5. The van der Waals surface area contributed by atoms with Crippen molar-refractivity contribution in [2.75, 3.05) is 18.0 Å². The zero-order valence-corrected chi connectivity index (χ0v) is 16.0. The number of rotatable bonds is 7. The Morgan fingerprint density at radius 1 is 1.07 bits per heavy atom. The summed E-state index contributed by atoms with van der Waals surface area (Å²) in [5.74, 6) is -1.26.